The van der Waals surface area contributed by atoms with Crippen LogP contribution in [0.1, 0.15) is 27.0 Å². The monoisotopic (exact) mass is 452 g/mol. The summed E-state index contributed by atoms with van der Waals surface area (Å²) >= 11 is 0. The number of nitrogens with one attached hydrogen (secondary N) is 1. The van der Waals surface area contributed by atoms with E-state index >= 15 is 0 Å². The molecule has 0 aliphatic heterocycles. The van der Waals surface area contributed by atoms with Crippen LogP contribution in [0.2, 0.25) is 0 Å². The van der Waals surface area contributed by atoms with E-state index in [1.807, 2.05) is 61.5 Å². The molecule has 1 amide bonds. The van der Waals surface area contributed by atoms with Crippen molar-refractivity contribution in [3.63, 3.8) is 0 Å². The van der Waals surface area contributed by atoms with Crippen molar-refractivity contribution in [2.45, 2.75) is 20.1 Å². The van der Waals surface area contributed by atoms with Crippen LogP contribution >= 0.6 is 0 Å². The Labute approximate surface area is 189 Å². The van der Waals surface area contributed by atoms with Crippen molar-refractivity contribution in [2.75, 3.05) is 23.7 Å². The second-order valence-corrected chi connectivity index (χ2v) is 9.44. The molecule has 0 saturated heterocycles. The molecule has 0 bridgehead atoms. The molecule has 0 aliphatic rings. The molecule has 1 N–H and O–H groups in total. The fraction of sp³-hybridized carbons (Fsp3) is 0.240. The SMILES string of the molecule is Cc1ccccc1CN(c1ccc(C(=O)NCCOCc2ccccc2)cc1)S(C)(=O)=O. The number of hydrogen-bond donors (Lipinski definition) is 1. The van der Waals surface area contributed by atoms with E-state index in [0.717, 1.165) is 16.7 Å². The summed E-state index contributed by atoms with van der Waals surface area (Å²) in [5, 5.41) is 2.82. The van der Waals surface area contributed by atoms with Gasteiger partial charge >= 0.3 is 0 Å². The molecule has 7 heteroatoms. The maximum absolute atomic E-state index is 12.4. The summed E-state index contributed by atoms with van der Waals surface area (Å²) < 4.78 is 31.7. The molecule has 0 heterocycles. The number of anilines is 1. The number of aryl methyl sites for hydroxylation is 1. The number of sulfonamides is 1. The van der Waals surface area contributed by atoms with Crippen LogP contribution in [0, 0.1) is 6.92 Å². The van der Waals surface area contributed by atoms with Crippen LogP contribution in [0.4, 0.5) is 5.69 Å². The van der Waals surface area contributed by atoms with Crippen LogP contribution in [0.25, 0.3) is 0 Å². The van der Waals surface area contributed by atoms with Gasteiger partial charge in [-0.25, -0.2) is 8.42 Å². The maximum atomic E-state index is 12.4. The number of benzene rings is 3. The van der Waals surface area contributed by atoms with Crippen molar-refractivity contribution < 1.29 is 17.9 Å². The first-order chi connectivity index (χ1) is 15.3. The molecule has 0 radical (unpaired) electrons. The molecule has 0 fully saturated rings. The van der Waals surface area contributed by atoms with Crippen LogP contribution in [0.15, 0.2) is 78.9 Å². The van der Waals surface area contributed by atoms with Gasteiger partial charge in [0.05, 0.1) is 31.7 Å². The third kappa shape index (κ3) is 6.67. The summed E-state index contributed by atoms with van der Waals surface area (Å²) in [5.41, 5.74) is 4.00. The van der Waals surface area contributed by atoms with Gasteiger partial charge in [-0.05, 0) is 47.9 Å². The molecule has 32 heavy (non-hydrogen) atoms. The zero-order valence-corrected chi connectivity index (χ0v) is 19.1. The Bertz CT molecular complexity index is 1130. The van der Waals surface area contributed by atoms with E-state index in [1.54, 1.807) is 24.3 Å². The fourth-order valence-electron chi connectivity index (χ4n) is 3.22. The molecule has 0 aromatic heterocycles. The van der Waals surface area contributed by atoms with Gasteiger partial charge in [0, 0.05) is 12.1 Å². The predicted molar refractivity (Wildman–Crippen MR) is 127 cm³/mol. The molecule has 3 rings (SSSR count). The van der Waals surface area contributed by atoms with Gasteiger partial charge in [-0.2, -0.15) is 0 Å². The van der Waals surface area contributed by atoms with Gasteiger partial charge in [0.1, 0.15) is 0 Å². The Morgan fingerprint density at radius 3 is 2.25 bits per heavy atom. The van der Waals surface area contributed by atoms with Gasteiger partial charge < -0.3 is 10.1 Å². The number of amides is 1. The molecule has 3 aromatic rings. The van der Waals surface area contributed by atoms with Crippen LogP contribution in [0.5, 0.6) is 0 Å². The van der Waals surface area contributed by atoms with E-state index in [4.69, 9.17) is 4.74 Å². The maximum Gasteiger partial charge on any atom is 0.251 e. The lowest BCUT2D eigenvalue weighted by atomic mass is 10.1. The lowest BCUT2D eigenvalue weighted by molar-refractivity contribution is 0.0901. The zero-order chi connectivity index (χ0) is 23.0. The molecule has 168 valence electrons. The van der Waals surface area contributed by atoms with E-state index in [-0.39, 0.29) is 12.5 Å². The zero-order valence-electron chi connectivity index (χ0n) is 18.3. The summed E-state index contributed by atoms with van der Waals surface area (Å²) in [6, 6.07) is 24.1. The average Bonchev–Trinajstić information content (AvgIpc) is 2.78. The Morgan fingerprint density at radius 1 is 0.938 bits per heavy atom. The lowest BCUT2D eigenvalue weighted by Crippen LogP contribution is -2.30. The molecule has 3 aromatic carbocycles. The van der Waals surface area contributed by atoms with E-state index in [2.05, 4.69) is 5.32 Å². The Kier molecular flexibility index (Phi) is 8.03. The molecule has 0 saturated carbocycles. The summed E-state index contributed by atoms with van der Waals surface area (Å²) in [4.78, 5) is 12.4. The highest BCUT2D eigenvalue weighted by molar-refractivity contribution is 7.92. The topological polar surface area (TPSA) is 75.7 Å². The summed E-state index contributed by atoms with van der Waals surface area (Å²) in [7, 11) is -3.49. The molecule has 0 spiro atoms. The predicted octanol–water partition coefficient (Wildman–Crippen LogP) is 3.91. The summed E-state index contributed by atoms with van der Waals surface area (Å²) in [6.45, 7) is 3.46. The van der Waals surface area contributed by atoms with Crippen LogP contribution in [-0.2, 0) is 27.9 Å². The minimum atomic E-state index is -3.49. The Hall–Kier alpha value is -3.16. The third-order valence-electron chi connectivity index (χ3n) is 5.04. The first-order valence-corrected chi connectivity index (χ1v) is 12.2. The number of nitrogens with zero attached hydrogens (tertiary/aromatic N) is 1. The van der Waals surface area contributed by atoms with Gasteiger partial charge in [-0.1, -0.05) is 54.6 Å². The molecule has 0 atom stereocenters. The van der Waals surface area contributed by atoms with Crippen molar-refractivity contribution in [1.29, 1.82) is 0 Å². The molecular weight excluding hydrogens is 424 g/mol. The third-order valence-corrected chi connectivity index (χ3v) is 6.18. The van der Waals surface area contributed by atoms with Gasteiger partial charge in [0.25, 0.3) is 5.91 Å². The van der Waals surface area contributed by atoms with E-state index in [9.17, 15) is 13.2 Å². The van der Waals surface area contributed by atoms with Crippen LogP contribution in [0.3, 0.4) is 0 Å². The smallest absolute Gasteiger partial charge is 0.251 e. The quantitative estimate of drug-likeness (QED) is 0.473. The molecule has 6 nitrogen and oxygen atoms in total. The second-order valence-electron chi connectivity index (χ2n) is 7.54. The minimum Gasteiger partial charge on any atom is -0.375 e. The standard InChI is InChI=1S/C25H28N2O4S/c1-20-8-6-7-11-23(20)18-27(32(2,29)30)24-14-12-22(13-15-24)25(28)26-16-17-31-19-21-9-4-3-5-10-21/h3-15H,16-19H2,1-2H3,(H,26,28). The minimum absolute atomic E-state index is 0.232. The molecule has 0 aliphatic carbocycles. The van der Waals surface area contributed by atoms with Crippen molar-refractivity contribution in [3.8, 4) is 0 Å². The Balaban J connectivity index is 1.57. The number of carbonyl (C=O) groups excluding carboxylic acids is 1. The normalized spacial score (nSPS) is 11.2. The van der Waals surface area contributed by atoms with Crippen LogP contribution < -0.4 is 9.62 Å². The first-order valence-electron chi connectivity index (χ1n) is 10.4. The lowest BCUT2D eigenvalue weighted by Gasteiger charge is -2.23. The summed E-state index contributed by atoms with van der Waals surface area (Å²) in [5.74, 6) is -0.232. The highest BCUT2D eigenvalue weighted by Crippen LogP contribution is 2.22. The second kappa shape index (κ2) is 10.9. The van der Waals surface area contributed by atoms with Crippen molar-refractivity contribution in [3.05, 3.63) is 101 Å². The number of ether oxygens (including phenoxy) is 1. The number of hydrogen-bond acceptors (Lipinski definition) is 4. The highest BCUT2D eigenvalue weighted by Gasteiger charge is 2.19. The van der Waals surface area contributed by atoms with Crippen molar-refractivity contribution in [1.82, 2.24) is 5.32 Å². The highest BCUT2D eigenvalue weighted by atomic mass is 32.2. The number of rotatable bonds is 10. The van der Waals surface area contributed by atoms with Gasteiger partial charge in [-0.3, -0.25) is 9.10 Å². The molecular formula is C25H28N2O4S. The summed E-state index contributed by atoms with van der Waals surface area (Å²) in [6.07, 6.45) is 1.18. The van der Waals surface area contributed by atoms with Crippen molar-refractivity contribution >= 4 is 21.6 Å². The van der Waals surface area contributed by atoms with Crippen LogP contribution in [-0.4, -0.2) is 33.7 Å². The first kappa shape index (κ1) is 23.5. The number of carbonyl (C=O) groups is 1. The van der Waals surface area contributed by atoms with E-state index in [0.29, 0.717) is 31.0 Å². The van der Waals surface area contributed by atoms with Gasteiger partial charge in [0.2, 0.25) is 10.0 Å². The van der Waals surface area contributed by atoms with E-state index in [1.165, 1.54) is 10.6 Å². The molecule has 0 unspecified atom stereocenters. The van der Waals surface area contributed by atoms with Gasteiger partial charge in [-0.15, -0.1) is 0 Å². The fourth-order valence-corrected chi connectivity index (χ4v) is 4.10. The van der Waals surface area contributed by atoms with E-state index < -0.39 is 10.0 Å². The Morgan fingerprint density at radius 2 is 1.59 bits per heavy atom. The van der Waals surface area contributed by atoms with Gasteiger partial charge in [0.15, 0.2) is 0 Å². The largest absolute Gasteiger partial charge is 0.375 e. The van der Waals surface area contributed by atoms with Crippen molar-refractivity contribution in [2.24, 2.45) is 0 Å². The average molecular weight is 453 g/mol.